The second-order valence-corrected chi connectivity index (χ2v) is 4.42. The van der Waals surface area contributed by atoms with Crippen molar-refractivity contribution in [1.29, 1.82) is 0 Å². The van der Waals surface area contributed by atoms with E-state index in [9.17, 15) is 8.78 Å². The molecule has 0 bridgehead atoms. The Balaban J connectivity index is 2.15. The number of aromatic nitrogens is 2. The number of halogens is 2. The maximum atomic E-state index is 14.0. The van der Waals surface area contributed by atoms with Crippen molar-refractivity contribution in [2.45, 2.75) is 0 Å². The van der Waals surface area contributed by atoms with E-state index >= 15 is 0 Å². The second-order valence-electron chi connectivity index (χ2n) is 4.42. The Morgan fingerprint density at radius 2 is 2.05 bits per heavy atom. The molecule has 0 atom stereocenters. The average Bonchev–Trinajstić information content (AvgIpc) is 2.93. The first-order chi connectivity index (χ1) is 10.2. The zero-order valence-electron chi connectivity index (χ0n) is 11.1. The molecule has 3 rings (SSSR count). The molecular formula is C15H11F2N3O. The monoisotopic (exact) mass is 287 g/mol. The van der Waals surface area contributed by atoms with Gasteiger partial charge < -0.3 is 4.84 Å². The Morgan fingerprint density at radius 3 is 2.81 bits per heavy atom. The van der Waals surface area contributed by atoms with Crippen LogP contribution in [0.4, 0.5) is 8.78 Å². The van der Waals surface area contributed by atoms with Crippen LogP contribution in [-0.2, 0) is 4.84 Å². The molecule has 21 heavy (non-hydrogen) atoms. The highest BCUT2D eigenvalue weighted by Crippen LogP contribution is 2.19. The fourth-order valence-corrected chi connectivity index (χ4v) is 2.12. The minimum Gasteiger partial charge on any atom is -0.399 e. The van der Waals surface area contributed by atoms with E-state index in [0.29, 0.717) is 5.56 Å². The number of hydrogen-bond donors (Lipinski definition) is 1. The molecule has 0 aliphatic carbocycles. The predicted molar refractivity (Wildman–Crippen MR) is 75.1 cm³/mol. The molecule has 1 N–H and O–H groups in total. The van der Waals surface area contributed by atoms with Crippen LogP contribution in [0.3, 0.4) is 0 Å². The quantitative estimate of drug-likeness (QED) is 0.594. The van der Waals surface area contributed by atoms with E-state index in [1.54, 1.807) is 18.3 Å². The number of nitrogens with zero attached hydrogens (tertiary/aromatic N) is 2. The van der Waals surface area contributed by atoms with Gasteiger partial charge in [-0.25, -0.2) is 8.78 Å². The van der Waals surface area contributed by atoms with Crippen LogP contribution < -0.4 is 0 Å². The van der Waals surface area contributed by atoms with E-state index in [1.807, 2.05) is 6.07 Å². The minimum atomic E-state index is -0.696. The Labute approximate surface area is 119 Å². The lowest BCUT2D eigenvalue weighted by Gasteiger charge is -2.08. The molecule has 1 aromatic heterocycles. The molecule has 0 saturated heterocycles. The summed E-state index contributed by atoms with van der Waals surface area (Å²) in [5.74, 6) is -1.34. The van der Waals surface area contributed by atoms with Gasteiger partial charge in [0.1, 0.15) is 24.5 Å². The first-order valence-electron chi connectivity index (χ1n) is 6.19. The minimum absolute atomic E-state index is 0.168. The molecule has 0 saturated carbocycles. The summed E-state index contributed by atoms with van der Waals surface area (Å²) in [4.78, 5) is 4.80. The van der Waals surface area contributed by atoms with Crippen molar-refractivity contribution in [3.63, 3.8) is 0 Å². The molecule has 0 radical (unpaired) electrons. The Kier molecular flexibility index (Phi) is 3.35. The van der Waals surface area contributed by atoms with Gasteiger partial charge in [-0.05, 0) is 24.3 Å². The van der Waals surface area contributed by atoms with E-state index in [0.717, 1.165) is 17.0 Å². The summed E-state index contributed by atoms with van der Waals surface area (Å²) in [6, 6.07) is 8.71. The topological polar surface area (TPSA) is 50.3 Å². The van der Waals surface area contributed by atoms with Gasteiger partial charge in [-0.2, -0.15) is 5.10 Å². The number of benzene rings is 2. The number of fused-ring (bicyclic) bond motifs is 1. The van der Waals surface area contributed by atoms with Gasteiger partial charge >= 0.3 is 0 Å². The summed E-state index contributed by atoms with van der Waals surface area (Å²) in [7, 11) is 1.37. The van der Waals surface area contributed by atoms with E-state index in [-0.39, 0.29) is 11.3 Å². The van der Waals surface area contributed by atoms with Gasteiger partial charge in [0.25, 0.3) is 0 Å². The molecule has 3 aromatic rings. The summed E-state index contributed by atoms with van der Waals surface area (Å²) < 4.78 is 27.0. The Hall–Kier alpha value is -2.76. The number of hydrogen-bond acceptors (Lipinski definition) is 3. The lowest BCUT2D eigenvalue weighted by molar-refractivity contribution is 0.214. The van der Waals surface area contributed by atoms with Crippen LogP contribution in [0.2, 0.25) is 0 Å². The summed E-state index contributed by atoms with van der Waals surface area (Å²) >= 11 is 0. The van der Waals surface area contributed by atoms with Crippen LogP contribution >= 0.6 is 0 Å². The number of aromatic amines is 1. The number of nitrogens with one attached hydrogen (secondary N) is 1. The third-order valence-electron chi connectivity index (χ3n) is 3.08. The van der Waals surface area contributed by atoms with Gasteiger partial charge in [0.15, 0.2) is 0 Å². The van der Waals surface area contributed by atoms with Gasteiger partial charge in [-0.1, -0.05) is 11.2 Å². The molecule has 106 valence electrons. The molecule has 6 heteroatoms. The van der Waals surface area contributed by atoms with E-state index in [2.05, 4.69) is 15.4 Å². The zero-order valence-corrected chi connectivity index (χ0v) is 11.1. The smallest absolute Gasteiger partial charge is 0.135 e. The first-order valence-corrected chi connectivity index (χ1v) is 6.19. The summed E-state index contributed by atoms with van der Waals surface area (Å²) in [6.45, 7) is 0. The standard InChI is InChI=1S/C15H11F2N3O/c1-21-20-15(12-4-3-11(16)7-13(12)17)9-2-5-14-10(6-9)8-18-19-14/h2-8H,1H3,(H,18,19). The molecule has 0 aliphatic heterocycles. The first kappa shape index (κ1) is 13.2. The van der Waals surface area contributed by atoms with Gasteiger partial charge in [-0.15, -0.1) is 0 Å². The van der Waals surface area contributed by atoms with Gasteiger partial charge in [0.05, 0.1) is 11.7 Å². The molecule has 0 fully saturated rings. The van der Waals surface area contributed by atoms with Crippen molar-refractivity contribution in [3.05, 3.63) is 65.4 Å². The highest BCUT2D eigenvalue weighted by molar-refractivity contribution is 6.14. The highest BCUT2D eigenvalue weighted by Gasteiger charge is 2.14. The van der Waals surface area contributed by atoms with Crippen molar-refractivity contribution in [2.24, 2.45) is 5.16 Å². The SMILES string of the molecule is CON=C(c1ccc2[nH]ncc2c1)c1ccc(F)cc1F. The fourth-order valence-electron chi connectivity index (χ4n) is 2.12. The van der Waals surface area contributed by atoms with E-state index in [4.69, 9.17) is 4.84 Å². The van der Waals surface area contributed by atoms with E-state index < -0.39 is 11.6 Å². The number of rotatable bonds is 3. The normalized spacial score (nSPS) is 11.9. The van der Waals surface area contributed by atoms with Crippen LogP contribution in [-0.4, -0.2) is 23.0 Å². The van der Waals surface area contributed by atoms with Crippen molar-refractivity contribution < 1.29 is 13.6 Å². The van der Waals surface area contributed by atoms with Gasteiger partial charge in [0, 0.05) is 22.6 Å². The Bertz CT molecular complexity index is 827. The van der Waals surface area contributed by atoms with Crippen molar-refractivity contribution in [3.8, 4) is 0 Å². The molecule has 2 aromatic carbocycles. The molecular weight excluding hydrogens is 276 g/mol. The van der Waals surface area contributed by atoms with Gasteiger partial charge in [-0.3, -0.25) is 5.10 Å². The fraction of sp³-hybridized carbons (Fsp3) is 0.0667. The zero-order chi connectivity index (χ0) is 14.8. The van der Waals surface area contributed by atoms with Crippen LogP contribution in [0, 0.1) is 11.6 Å². The number of oxime groups is 1. The second kappa shape index (κ2) is 5.32. The Morgan fingerprint density at radius 1 is 1.19 bits per heavy atom. The summed E-state index contributed by atoms with van der Waals surface area (Å²) in [6.07, 6.45) is 1.66. The molecule has 1 heterocycles. The molecule has 0 aliphatic rings. The molecule has 0 spiro atoms. The van der Waals surface area contributed by atoms with E-state index in [1.165, 1.54) is 19.2 Å². The third-order valence-corrected chi connectivity index (χ3v) is 3.08. The third kappa shape index (κ3) is 2.47. The molecule has 4 nitrogen and oxygen atoms in total. The average molecular weight is 287 g/mol. The highest BCUT2D eigenvalue weighted by atomic mass is 19.1. The van der Waals surface area contributed by atoms with Crippen molar-refractivity contribution in [1.82, 2.24) is 10.2 Å². The maximum Gasteiger partial charge on any atom is 0.135 e. The maximum absolute atomic E-state index is 14.0. The lowest BCUT2D eigenvalue weighted by atomic mass is 10.0. The largest absolute Gasteiger partial charge is 0.399 e. The predicted octanol–water partition coefficient (Wildman–Crippen LogP) is 3.24. The van der Waals surface area contributed by atoms with Crippen molar-refractivity contribution >= 4 is 16.6 Å². The van der Waals surface area contributed by atoms with Crippen LogP contribution in [0.25, 0.3) is 10.9 Å². The summed E-state index contributed by atoms with van der Waals surface area (Å²) in [5, 5.41) is 11.5. The van der Waals surface area contributed by atoms with Crippen molar-refractivity contribution in [2.75, 3.05) is 7.11 Å². The van der Waals surface area contributed by atoms with Crippen LogP contribution in [0.15, 0.2) is 47.8 Å². The van der Waals surface area contributed by atoms with Gasteiger partial charge in [0.2, 0.25) is 0 Å². The molecule has 0 amide bonds. The van der Waals surface area contributed by atoms with Crippen LogP contribution in [0.1, 0.15) is 11.1 Å². The molecule has 0 unspecified atom stereocenters. The summed E-state index contributed by atoms with van der Waals surface area (Å²) in [5.41, 5.74) is 1.96. The number of H-pyrrole nitrogens is 1. The lowest BCUT2D eigenvalue weighted by Crippen LogP contribution is -2.07. The van der Waals surface area contributed by atoms with Crippen LogP contribution in [0.5, 0.6) is 0 Å².